The van der Waals surface area contributed by atoms with Gasteiger partial charge in [0.2, 0.25) is 13.0 Å². The molecule has 32 heavy (non-hydrogen) atoms. The van der Waals surface area contributed by atoms with Crippen LogP contribution in [0.2, 0.25) is 0 Å². The van der Waals surface area contributed by atoms with E-state index in [1.54, 1.807) is 14.2 Å². The summed E-state index contributed by atoms with van der Waals surface area (Å²) in [4.78, 5) is 0. The van der Waals surface area contributed by atoms with Gasteiger partial charge in [-0.2, -0.15) is 5.10 Å². The molecule has 3 aliphatic heterocycles. The summed E-state index contributed by atoms with van der Waals surface area (Å²) in [5, 5.41) is 7.06. The Bertz CT molecular complexity index is 1220. The molecule has 6 rings (SSSR count). The molecule has 0 bridgehead atoms. The first kappa shape index (κ1) is 18.9. The third-order valence-electron chi connectivity index (χ3n) is 6.10. The van der Waals surface area contributed by atoms with E-state index >= 15 is 0 Å². The van der Waals surface area contributed by atoms with Gasteiger partial charge in [-0.05, 0) is 42.5 Å². The molecule has 162 valence electrons. The van der Waals surface area contributed by atoms with Gasteiger partial charge in [-0.1, -0.05) is 18.2 Å². The van der Waals surface area contributed by atoms with Crippen molar-refractivity contribution in [2.24, 2.45) is 5.10 Å². The predicted octanol–water partition coefficient (Wildman–Crippen LogP) is 4.67. The Balaban J connectivity index is 1.42. The molecule has 0 fully saturated rings. The number of rotatable bonds is 4. The van der Waals surface area contributed by atoms with Gasteiger partial charge in [0.05, 0.1) is 26.0 Å². The molecule has 7 nitrogen and oxygen atoms in total. The standard InChI is InChI=1S/C25H22N2O5/c1-28-21-9-8-16(12-23(21)29-2)25-27-19(17-5-3-4-6-20(17)32-25)13-18(26-27)15-7-10-22-24(11-15)31-14-30-22/h3-12,19,25H,13-14H2,1-2H3. The van der Waals surface area contributed by atoms with Gasteiger partial charge < -0.3 is 23.7 Å². The summed E-state index contributed by atoms with van der Waals surface area (Å²) >= 11 is 0. The van der Waals surface area contributed by atoms with E-state index in [4.69, 9.17) is 28.8 Å². The summed E-state index contributed by atoms with van der Waals surface area (Å²) in [5.74, 6) is 3.72. The molecular weight excluding hydrogens is 408 g/mol. The van der Waals surface area contributed by atoms with E-state index in [1.165, 1.54) is 0 Å². The lowest BCUT2D eigenvalue weighted by atomic mass is 9.95. The number of ether oxygens (including phenoxy) is 5. The van der Waals surface area contributed by atoms with E-state index in [9.17, 15) is 0 Å². The van der Waals surface area contributed by atoms with Crippen LogP contribution in [0.15, 0.2) is 65.8 Å². The highest BCUT2D eigenvalue weighted by Gasteiger charge is 2.41. The molecule has 0 spiro atoms. The Morgan fingerprint density at radius 3 is 2.59 bits per heavy atom. The highest BCUT2D eigenvalue weighted by Crippen LogP contribution is 2.48. The molecule has 3 heterocycles. The molecule has 0 radical (unpaired) electrons. The number of fused-ring (bicyclic) bond motifs is 4. The number of benzene rings is 3. The summed E-state index contributed by atoms with van der Waals surface area (Å²) in [7, 11) is 3.26. The van der Waals surface area contributed by atoms with Crippen LogP contribution in [0, 0.1) is 0 Å². The number of para-hydroxylation sites is 1. The second-order valence-corrected chi connectivity index (χ2v) is 7.84. The maximum Gasteiger partial charge on any atom is 0.231 e. The zero-order valence-corrected chi connectivity index (χ0v) is 17.8. The highest BCUT2D eigenvalue weighted by atomic mass is 16.7. The van der Waals surface area contributed by atoms with Crippen molar-refractivity contribution in [1.82, 2.24) is 5.01 Å². The monoisotopic (exact) mass is 430 g/mol. The molecule has 0 saturated heterocycles. The quantitative estimate of drug-likeness (QED) is 0.599. The van der Waals surface area contributed by atoms with Crippen molar-refractivity contribution in [2.75, 3.05) is 21.0 Å². The summed E-state index contributed by atoms with van der Waals surface area (Å²) in [5.41, 5.74) is 4.08. The average molecular weight is 430 g/mol. The van der Waals surface area contributed by atoms with Crippen molar-refractivity contribution in [2.45, 2.75) is 18.7 Å². The maximum absolute atomic E-state index is 6.44. The minimum atomic E-state index is -0.388. The van der Waals surface area contributed by atoms with Gasteiger partial charge in [0.25, 0.3) is 0 Å². The van der Waals surface area contributed by atoms with Gasteiger partial charge in [0.15, 0.2) is 23.0 Å². The molecule has 2 unspecified atom stereocenters. The zero-order valence-electron chi connectivity index (χ0n) is 17.8. The minimum absolute atomic E-state index is 0.0680. The summed E-state index contributed by atoms with van der Waals surface area (Å²) in [6.45, 7) is 0.253. The van der Waals surface area contributed by atoms with Crippen LogP contribution < -0.4 is 23.7 Å². The molecule has 3 aromatic rings. The van der Waals surface area contributed by atoms with Crippen LogP contribution in [-0.4, -0.2) is 31.7 Å². The minimum Gasteiger partial charge on any atom is -0.493 e. The first-order valence-corrected chi connectivity index (χ1v) is 10.5. The second-order valence-electron chi connectivity index (χ2n) is 7.84. The number of hydrogen-bond acceptors (Lipinski definition) is 7. The van der Waals surface area contributed by atoms with Gasteiger partial charge in [-0.25, -0.2) is 5.01 Å². The van der Waals surface area contributed by atoms with Crippen molar-refractivity contribution in [3.05, 3.63) is 77.4 Å². The van der Waals surface area contributed by atoms with Crippen molar-refractivity contribution < 1.29 is 23.7 Å². The van der Waals surface area contributed by atoms with Gasteiger partial charge in [0, 0.05) is 23.1 Å². The first-order chi connectivity index (χ1) is 15.7. The van der Waals surface area contributed by atoms with Crippen molar-refractivity contribution in [1.29, 1.82) is 0 Å². The Hall–Kier alpha value is -3.87. The molecule has 0 aromatic heterocycles. The third kappa shape index (κ3) is 2.92. The highest BCUT2D eigenvalue weighted by molar-refractivity contribution is 6.02. The topological polar surface area (TPSA) is 61.8 Å². The molecule has 0 aliphatic carbocycles. The molecule has 0 N–H and O–H groups in total. The molecule has 7 heteroatoms. The molecular formula is C25H22N2O5. The number of hydrazone groups is 1. The molecule has 3 aromatic carbocycles. The average Bonchev–Trinajstić information content (AvgIpc) is 3.50. The van der Waals surface area contributed by atoms with Crippen LogP contribution in [0.5, 0.6) is 28.7 Å². The van der Waals surface area contributed by atoms with Crippen LogP contribution >= 0.6 is 0 Å². The van der Waals surface area contributed by atoms with E-state index in [-0.39, 0.29) is 19.1 Å². The Labute approximate surface area is 185 Å². The van der Waals surface area contributed by atoms with E-state index in [0.29, 0.717) is 11.5 Å². The lowest BCUT2D eigenvalue weighted by molar-refractivity contribution is -0.0191. The van der Waals surface area contributed by atoms with E-state index in [2.05, 4.69) is 6.07 Å². The SMILES string of the molecule is COc1ccc(C2Oc3ccccc3C3CC(c4ccc5c(c4)OCO5)=NN32)cc1OC. The fourth-order valence-electron chi connectivity index (χ4n) is 4.51. The Morgan fingerprint density at radius 1 is 0.875 bits per heavy atom. The van der Waals surface area contributed by atoms with Crippen LogP contribution in [0.1, 0.15) is 35.4 Å². The van der Waals surface area contributed by atoms with Gasteiger partial charge in [0.1, 0.15) is 5.75 Å². The maximum atomic E-state index is 6.44. The smallest absolute Gasteiger partial charge is 0.231 e. The van der Waals surface area contributed by atoms with E-state index in [1.807, 2.05) is 59.6 Å². The predicted molar refractivity (Wildman–Crippen MR) is 118 cm³/mol. The van der Waals surface area contributed by atoms with Crippen molar-refractivity contribution in [3.63, 3.8) is 0 Å². The van der Waals surface area contributed by atoms with Gasteiger partial charge in [-0.3, -0.25) is 0 Å². The fourth-order valence-corrected chi connectivity index (χ4v) is 4.51. The molecule has 0 saturated carbocycles. The number of hydrogen-bond donors (Lipinski definition) is 0. The van der Waals surface area contributed by atoms with Crippen LogP contribution in [0.25, 0.3) is 0 Å². The third-order valence-corrected chi connectivity index (χ3v) is 6.10. The molecule has 2 atom stereocenters. The normalized spacial score (nSPS) is 20.2. The van der Waals surface area contributed by atoms with Crippen LogP contribution in [0.3, 0.4) is 0 Å². The second kappa shape index (κ2) is 7.37. The molecule has 3 aliphatic rings. The first-order valence-electron chi connectivity index (χ1n) is 10.5. The Morgan fingerprint density at radius 2 is 1.72 bits per heavy atom. The lowest BCUT2D eigenvalue weighted by Crippen LogP contribution is -2.33. The number of methoxy groups -OCH3 is 2. The van der Waals surface area contributed by atoms with Crippen molar-refractivity contribution >= 4 is 5.71 Å². The number of nitrogens with zero attached hydrogens (tertiary/aromatic N) is 2. The van der Waals surface area contributed by atoms with E-state index < -0.39 is 0 Å². The fraction of sp³-hybridized carbons (Fsp3) is 0.240. The van der Waals surface area contributed by atoms with Crippen LogP contribution in [0.4, 0.5) is 0 Å². The van der Waals surface area contributed by atoms with Gasteiger partial charge >= 0.3 is 0 Å². The largest absolute Gasteiger partial charge is 0.493 e. The lowest BCUT2D eigenvalue weighted by Gasteiger charge is -2.38. The van der Waals surface area contributed by atoms with Crippen LogP contribution in [-0.2, 0) is 0 Å². The van der Waals surface area contributed by atoms with Gasteiger partial charge in [-0.15, -0.1) is 0 Å². The summed E-state index contributed by atoms with van der Waals surface area (Å²) < 4.78 is 28.4. The summed E-state index contributed by atoms with van der Waals surface area (Å²) in [6, 6.07) is 20.0. The van der Waals surface area contributed by atoms with Crippen molar-refractivity contribution in [3.8, 4) is 28.7 Å². The zero-order chi connectivity index (χ0) is 21.7. The van der Waals surface area contributed by atoms with E-state index in [0.717, 1.165) is 46.1 Å². The Kier molecular flexibility index (Phi) is 4.35. The summed E-state index contributed by atoms with van der Waals surface area (Å²) in [6.07, 6.45) is 0.380. The molecule has 0 amide bonds.